The van der Waals surface area contributed by atoms with E-state index in [0.717, 1.165) is 39.9 Å². The zero-order chi connectivity index (χ0) is 17.4. The molecule has 0 unspecified atom stereocenters. The van der Waals surface area contributed by atoms with Crippen molar-refractivity contribution in [3.8, 4) is 0 Å². The van der Waals surface area contributed by atoms with Gasteiger partial charge in [-0.3, -0.25) is 0 Å². The maximum Gasteiger partial charge on any atom is 0.120 e. The summed E-state index contributed by atoms with van der Waals surface area (Å²) < 4.78 is 14.6. The third kappa shape index (κ3) is 3.26. The van der Waals surface area contributed by atoms with E-state index in [9.17, 15) is 4.39 Å². The van der Waals surface area contributed by atoms with Crippen LogP contribution in [0.1, 0.15) is 28.3 Å². The van der Waals surface area contributed by atoms with Gasteiger partial charge in [-0.25, -0.2) is 4.39 Å². The van der Waals surface area contributed by atoms with Crippen molar-refractivity contribution in [3.63, 3.8) is 0 Å². The monoisotopic (exact) mass is 355 g/mol. The number of H-pyrrole nitrogens is 1. The number of benzene rings is 1. The van der Waals surface area contributed by atoms with Gasteiger partial charge in [0.15, 0.2) is 0 Å². The van der Waals surface area contributed by atoms with Crippen molar-refractivity contribution in [2.24, 2.45) is 0 Å². The molecule has 2 aromatic heterocycles. The molecule has 3 heterocycles. The summed E-state index contributed by atoms with van der Waals surface area (Å²) in [4.78, 5) is 6.36. The van der Waals surface area contributed by atoms with E-state index in [-0.39, 0.29) is 5.92 Å². The molecule has 0 aliphatic carbocycles. The van der Waals surface area contributed by atoms with E-state index >= 15 is 0 Å². The van der Waals surface area contributed by atoms with Crippen molar-refractivity contribution in [1.29, 1.82) is 5.41 Å². The number of thiophene rings is 1. The van der Waals surface area contributed by atoms with Crippen LogP contribution in [-0.2, 0) is 6.42 Å². The number of piperidine rings is 1. The maximum atomic E-state index is 14.6. The normalized spacial score (nSPS) is 21.7. The number of fused-ring (bicyclic) bond motifs is 1. The lowest BCUT2D eigenvalue weighted by Crippen LogP contribution is -2.38. The highest BCUT2D eigenvalue weighted by atomic mass is 32.1. The molecule has 0 radical (unpaired) electrons. The van der Waals surface area contributed by atoms with Crippen molar-refractivity contribution < 1.29 is 4.39 Å². The molecule has 1 aliphatic heterocycles. The molecule has 25 heavy (non-hydrogen) atoms. The van der Waals surface area contributed by atoms with Crippen molar-refractivity contribution in [2.45, 2.75) is 24.9 Å². The lowest BCUT2D eigenvalue weighted by molar-refractivity contribution is 0.140. The minimum Gasteiger partial charge on any atom is -0.361 e. The van der Waals surface area contributed by atoms with Gasteiger partial charge < -0.3 is 15.3 Å². The van der Waals surface area contributed by atoms with Crippen LogP contribution in [0.2, 0.25) is 0 Å². The van der Waals surface area contributed by atoms with Gasteiger partial charge in [0.05, 0.1) is 5.71 Å². The Bertz CT molecular complexity index is 884. The van der Waals surface area contributed by atoms with Crippen LogP contribution in [0.5, 0.6) is 0 Å². The molecule has 1 aliphatic rings. The number of alkyl halides is 1. The second-order valence-corrected chi connectivity index (χ2v) is 7.88. The van der Waals surface area contributed by atoms with E-state index in [2.05, 4.69) is 28.1 Å². The third-order valence-corrected chi connectivity index (χ3v) is 6.05. The summed E-state index contributed by atoms with van der Waals surface area (Å²) in [5.74, 6) is -0.0445. The van der Waals surface area contributed by atoms with Gasteiger partial charge >= 0.3 is 0 Å². The third-order valence-electron chi connectivity index (χ3n) is 5.12. The van der Waals surface area contributed by atoms with Crippen LogP contribution in [0, 0.1) is 5.41 Å². The van der Waals surface area contributed by atoms with Crippen molar-refractivity contribution in [3.05, 3.63) is 57.9 Å². The number of hydrogen-bond donors (Lipinski definition) is 2. The first-order chi connectivity index (χ1) is 12.1. The van der Waals surface area contributed by atoms with E-state index in [0.29, 0.717) is 18.7 Å². The first kappa shape index (κ1) is 16.5. The number of nitrogens with zero attached hydrogens (tertiary/aromatic N) is 1. The fraction of sp³-hybridized carbons (Fsp3) is 0.350. The Hall–Kier alpha value is -1.98. The molecule has 2 N–H and O–H groups in total. The van der Waals surface area contributed by atoms with Crippen LogP contribution in [-0.4, -0.2) is 41.9 Å². The minimum atomic E-state index is -0.828. The Kier molecular flexibility index (Phi) is 4.44. The molecule has 3 aromatic rings. The van der Waals surface area contributed by atoms with Crippen LogP contribution in [0.4, 0.5) is 4.39 Å². The molecule has 130 valence electrons. The average Bonchev–Trinajstić information content (AvgIpc) is 3.24. The molecular formula is C20H22FN3S. The molecule has 0 spiro atoms. The molecular weight excluding hydrogens is 333 g/mol. The summed E-state index contributed by atoms with van der Waals surface area (Å²) in [5, 5.41) is 11.4. The number of hydrogen-bond acceptors (Lipinski definition) is 3. The summed E-state index contributed by atoms with van der Waals surface area (Å²) in [6.07, 6.45) is 2.60. The van der Waals surface area contributed by atoms with Crippen LogP contribution in [0.3, 0.4) is 0 Å². The first-order valence-electron chi connectivity index (χ1n) is 8.65. The Morgan fingerprint density at radius 3 is 3.04 bits per heavy atom. The molecule has 5 heteroatoms. The van der Waals surface area contributed by atoms with E-state index in [1.54, 1.807) is 11.3 Å². The van der Waals surface area contributed by atoms with E-state index < -0.39 is 6.17 Å². The lowest BCUT2D eigenvalue weighted by Gasteiger charge is -2.32. The smallest absolute Gasteiger partial charge is 0.120 e. The second-order valence-electron chi connectivity index (χ2n) is 6.93. The standard InChI is InChI=1S/C20H22FN3S/c1-24-7-6-14(17(21)12-24)16-11-23-19-5-4-13(9-15(16)19)10-18(22)20-3-2-8-25-20/h2-5,8-9,11,14,17,22-23H,6-7,10,12H2,1H3/t14-,17+/m0/s1. The maximum absolute atomic E-state index is 14.6. The number of nitrogens with one attached hydrogen (secondary N) is 2. The van der Waals surface area contributed by atoms with Gasteiger partial charge in [-0.1, -0.05) is 12.1 Å². The van der Waals surface area contributed by atoms with Gasteiger partial charge in [-0.05, 0) is 54.7 Å². The van der Waals surface area contributed by atoms with Gasteiger partial charge in [-0.2, -0.15) is 0 Å². The highest BCUT2D eigenvalue weighted by Crippen LogP contribution is 2.35. The topological polar surface area (TPSA) is 42.9 Å². The zero-order valence-corrected chi connectivity index (χ0v) is 15.1. The van der Waals surface area contributed by atoms with Crippen molar-refractivity contribution in [1.82, 2.24) is 9.88 Å². The molecule has 1 aromatic carbocycles. The fourth-order valence-electron chi connectivity index (χ4n) is 3.75. The largest absolute Gasteiger partial charge is 0.361 e. The summed E-state index contributed by atoms with van der Waals surface area (Å²) in [5.41, 5.74) is 3.87. The summed E-state index contributed by atoms with van der Waals surface area (Å²) >= 11 is 1.60. The summed E-state index contributed by atoms with van der Waals surface area (Å²) in [6, 6.07) is 10.2. The van der Waals surface area contributed by atoms with Crippen LogP contribution < -0.4 is 0 Å². The van der Waals surface area contributed by atoms with Crippen LogP contribution in [0.25, 0.3) is 10.9 Å². The molecule has 0 amide bonds. The van der Waals surface area contributed by atoms with Gasteiger partial charge in [-0.15, -0.1) is 11.3 Å². The van der Waals surface area contributed by atoms with Gasteiger partial charge in [0.25, 0.3) is 0 Å². The zero-order valence-electron chi connectivity index (χ0n) is 14.3. The van der Waals surface area contributed by atoms with E-state index in [4.69, 9.17) is 5.41 Å². The molecule has 4 rings (SSSR count). The highest BCUT2D eigenvalue weighted by molar-refractivity contribution is 7.12. The van der Waals surface area contributed by atoms with Crippen LogP contribution in [0.15, 0.2) is 41.9 Å². The quantitative estimate of drug-likeness (QED) is 0.660. The van der Waals surface area contributed by atoms with Gasteiger partial charge in [0, 0.05) is 40.9 Å². The van der Waals surface area contributed by atoms with Crippen molar-refractivity contribution >= 4 is 28.0 Å². The molecule has 0 bridgehead atoms. The first-order valence-corrected chi connectivity index (χ1v) is 9.53. The molecule has 0 saturated carbocycles. The lowest BCUT2D eigenvalue weighted by atomic mass is 9.87. The number of rotatable bonds is 4. The predicted octanol–water partition coefficient (Wildman–Crippen LogP) is 4.60. The predicted molar refractivity (Wildman–Crippen MR) is 103 cm³/mol. The van der Waals surface area contributed by atoms with Crippen LogP contribution >= 0.6 is 11.3 Å². The minimum absolute atomic E-state index is 0.0445. The molecule has 1 saturated heterocycles. The number of aromatic nitrogens is 1. The second kappa shape index (κ2) is 6.73. The Morgan fingerprint density at radius 2 is 2.28 bits per heavy atom. The van der Waals surface area contributed by atoms with Gasteiger partial charge in [0.2, 0.25) is 0 Å². The van der Waals surface area contributed by atoms with Gasteiger partial charge in [0.1, 0.15) is 6.17 Å². The SMILES string of the molecule is CN1CC[C@@H](c2c[nH]c3ccc(CC(=N)c4cccs4)cc23)[C@H](F)C1. The Morgan fingerprint density at radius 1 is 1.40 bits per heavy atom. The highest BCUT2D eigenvalue weighted by Gasteiger charge is 2.30. The molecule has 3 nitrogen and oxygen atoms in total. The van der Waals surface area contributed by atoms with E-state index in [1.807, 2.05) is 30.8 Å². The van der Waals surface area contributed by atoms with E-state index in [1.165, 1.54) is 0 Å². The fourth-order valence-corrected chi connectivity index (χ4v) is 4.43. The molecule has 2 atom stereocenters. The average molecular weight is 355 g/mol. The number of aromatic amines is 1. The Labute approximate surface area is 151 Å². The number of likely N-dealkylation sites (tertiary alicyclic amines) is 1. The summed E-state index contributed by atoms with van der Waals surface area (Å²) in [6.45, 7) is 1.43. The number of halogens is 1. The summed E-state index contributed by atoms with van der Waals surface area (Å²) in [7, 11) is 1.98. The molecule has 1 fully saturated rings. The Balaban J connectivity index is 1.62. The van der Waals surface area contributed by atoms with Crippen molar-refractivity contribution in [2.75, 3.05) is 20.1 Å².